The third-order valence-corrected chi connectivity index (χ3v) is 4.96. The van der Waals surface area contributed by atoms with Crippen molar-refractivity contribution in [2.24, 2.45) is 0 Å². The molecule has 0 heterocycles. The second kappa shape index (κ2) is 5.63. The first-order valence-corrected chi connectivity index (χ1v) is 7.71. The molecule has 5 heteroatoms. The van der Waals surface area contributed by atoms with E-state index in [0.29, 0.717) is 11.5 Å². The van der Waals surface area contributed by atoms with Crippen molar-refractivity contribution in [3.05, 3.63) is 54.3 Å². The summed E-state index contributed by atoms with van der Waals surface area (Å²) in [7, 11) is -3.34. The van der Waals surface area contributed by atoms with Crippen LogP contribution in [0.25, 0.3) is 0 Å². The molecule has 0 aliphatic rings. The Balaban J connectivity index is 2.29. The van der Waals surface area contributed by atoms with Crippen LogP contribution in [0.15, 0.2) is 53.4 Å². The van der Waals surface area contributed by atoms with E-state index in [1.807, 2.05) is 0 Å². The molecule has 0 N–H and O–H groups in total. The maximum absolute atomic E-state index is 12.8. The summed E-state index contributed by atoms with van der Waals surface area (Å²) in [6.45, 7) is 3.26. The van der Waals surface area contributed by atoms with Crippen molar-refractivity contribution >= 4 is 9.84 Å². The topological polar surface area (TPSA) is 43.4 Å². The van der Waals surface area contributed by atoms with Crippen LogP contribution in [0.2, 0.25) is 0 Å². The molecule has 2 rings (SSSR count). The van der Waals surface area contributed by atoms with E-state index in [0.717, 1.165) is 0 Å². The summed E-state index contributed by atoms with van der Waals surface area (Å²) >= 11 is 0. The van der Waals surface area contributed by atoms with E-state index >= 15 is 0 Å². The first kappa shape index (κ1) is 14.5. The fourth-order valence-corrected chi connectivity index (χ4v) is 2.72. The van der Waals surface area contributed by atoms with Crippen LogP contribution in [0.4, 0.5) is 4.39 Å². The van der Waals surface area contributed by atoms with Crippen LogP contribution in [0.3, 0.4) is 0 Å². The van der Waals surface area contributed by atoms with E-state index in [1.165, 1.54) is 36.4 Å². The highest BCUT2D eigenvalue weighted by molar-refractivity contribution is 7.92. The van der Waals surface area contributed by atoms with Crippen LogP contribution in [0.1, 0.15) is 13.8 Å². The Morgan fingerprint density at radius 3 is 2.25 bits per heavy atom. The normalized spacial score (nSPS) is 11.6. The third kappa shape index (κ3) is 3.17. The van der Waals surface area contributed by atoms with Crippen molar-refractivity contribution in [1.82, 2.24) is 0 Å². The summed E-state index contributed by atoms with van der Waals surface area (Å²) < 4.78 is 42.5. The lowest BCUT2D eigenvalue weighted by atomic mass is 10.3. The van der Waals surface area contributed by atoms with Crippen LogP contribution in [0.5, 0.6) is 11.5 Å². The second-order valence-electron chi connectivity index (χ2n) is 4.62. The van der Waals surface area contributed by atoms with Gasteiger partial charge in [-0.25, -0.2) is 12.8 Å². The van der Waals surface area contributed by atoms with Crippen LogP contribution < -0.4 is 4.74 Å². The number of rotatable bonds is 4. The summed E-state index contributed by atoms with van der Waals surface area (Å²) in [5.41, 5.74) is 0. The largest absolute Gasteiger partial charge is 0.457 e. The molecule has 3 nitrogen and oxygen atoms in total. The highest BCUT2D eigenvalue weighted by Gasteiger charge is 2.19. The molecule has 0 spiro atoms. The molecule has 0 saturated heterocycles. The predicted molar refractivity (Wildman–Crippen MR) is 75.2 cm³/mol. The Morgan fingerprint density at radius 2 is 1.65 bits per heavy atom. The molecule has 2 aromatic carbocycles. The number of benzene rings is 2. The molecule has 0 saturated carbocycles. The minimum absolute atomic E-state index is 0.215. The average molecular weight is 294 g/mol. The van der Waals surface area contributed by atoms with E-state index < -0.39 is 15.1 Å². The van der Waals surface area contributed by atoms with Gasteiger partial charge in [-0.15, -0.1) is 0 Å². The number of hydrogen-bond acceptors (Lipinski definition) is 3. The molecule has 0 fully saturated rings. The molecule has 0 unspecified atom stereocenters. The Kier molecular flexibility index (Phi) is 4.09. The molecule has 106 valence electrons. The molecule has 0 aromatic heterocycles. The molecular weight excluding hydrogens is 279 g/mol. The van der Waals surface area contributed by atoms with Crippen molar-refractivity contribution in [3.63, 3.8) is 0 Å². The number of ether oxygens (including phenoxy) is 1. The van der Waals surface area contributed by atoms with Gasteiger partial charge in [0, 0.05) is 0 Å². The van der Waals surface area contributed by atoms with Crippen molar-refractivity contribution in [3.8, 4) is 11.5 Å². The van der Waals surface area contributed by atoms with Crippen molar-refractivity contribution < 1.29 is 17.5 Å². The summed E-state index contributed by atoms with van der Waals surface area (Å²) in [5.74, 6) is 0.498. The Morgan fingerprint density at radius 1 is 1.00 bits per heavy atom. The highest BCUT2D eigenvalue weighted by atomic mass is 32.2. The molecule has 0 aliphatic carbocycles. The molecule has 0 amide bonds. The van der Waals surface area contributed by atoms with Crippen LogP contribution in [-0.2, 0) is 9.84 Å². The third-order valence-electron chi connectivity index (χ3n) is 2.80. The van der Waals surface area contributed by atoms with E-state index in [4.69, 9.17) is 4.74 Å². The van der Waals surface area contributed by atoms with Gasteiger partial charge in [0.2, 0.25) is 0 Å². The lowest BCUT2D eigenvalue weighted by Crippen LogP contribution is -2.13. The van der Waals surface area contributed by atoms with Gasteiger partial charge in [0.05, 0.1) is 10.1 Å². The SMILES string of the molecule is CC(C)S(=O)(=O)c1cccc(Oc2ccc(F)cc2)c1. The molecule has 20 heavy (non-hydrogen) atoms. The maximum atomic E-state index is 12.8. The summed E-state index contributed by atoms with van der Waals surface area (Å²) in [6.07, 6.45) is 0. The quantitative estimate of drug-likeness (QED) is 0.861. The number of halogens is 1. The van der Waals surface area contributed by atoms with Crippen molar-refractivity contribution in [2.45, 2.75) is 24.0 Å². The first-order chi connectivity index (χ1) is 9.39. The maximum Gasteiger partial charge on any atom is 0.180 e. The van der Waals surface area contributed by atoms with Gasteiger partial charge in [-0.1, -0.05) is 6.07 Å². The van der Waals surface area contributed by atoms with Crippen molar-refractivity contribution in [2.75, 3.05) is 0 Å². The van der Waals surface area contributed by atoms with E-state index in [9.17, 15) is 12.8 Å². The molecular formula is C15H15FO3S. The zero-order valence-corrected chi connectivity index (χ0v) is 12.0. The van der Waals surface area contributed by atoms with E-state index in [2.05, 4.69) is 0 Å². The van der Waals surface area contributed by atoms with Gasteiger partial charge in [0.1, 0.15) is 17.3 Å². The Hall–Kier alpha value is -1.88. The zero-order valence-electron chi connectivity index (χ0n) is 11.2. The lowest BCUT2D eigenvalue weighted by Gasteiger charge is -2.10. The van der Waals surface area contributed by atoms with E-state index in [1.54, 1.807) is 26.0 Å². The van der Waals surface area contributed by atoms with Crippen LogP contribution in [0, 0.1) is 5.82 Å². The molecule has 0 aliphatic heterocycles. The Labute approximate surface area is 117 Å². The van der Waals surface area contributed by atoms with Gasteiger partial charge in [0.25, 0.3) is 0 Å². The van der Waals surface area contributed by atoms with Crippen LogP contribution in [-0.4, -0.2) is 13.7 Å². The summed E-state index contributed by atoms with van der Waals surface area (Å²) in [6, 6.07) is 11.8. The molecule has 2 aromatic rings. The average Bonchev–Trinajstić information content (AvgIpc) is 2.41. The zero-order chi connectivity index (χ0) is 14.8. The summed E-state index contributed by atoms with van der Waals surface area (Å²) in [4.78, 5) is 0.215. The smallest absolute Gasteiger partial charge is 0.180 e. The number of hydrogen-bond donors (Lipinski definition) is 0. The molecule has 0 bridgehead atoms. The summed E-state index contributed by atoms with van der Waals surface area (Å²) in [5, 5.41) is -0.497. The number of sulfone groups is 1. The van der Waals surface area contributed by atoms with Gasteiger partial charge >= 0.3 is 0 Å². The van der Waals surface area contributed by atoms with Crippen LogP contribution >= 0.6 is 0 Å². The monoisotopic (exact) mass is 294 g/mol. The second-order valence-corrected chi connectivity index (χ2v) is 7.13. The van der Waals surface area contributed by atoms with Gasteiger partial charge in [-0.3, -0.25) is 0 Å². The molecule has 0 radical (unpaired) electrons. The van der Waals surface area contributed by atoms with Gasteiger partial charge in [-0.05, 0) is 56.3 Å². The van der Waals surface area contributed by atoms with Crippen molar-refractivity contribution in [1.29, 1.82) is 0 Å². The minimum atomic E-state index is -3.34. The van der Waals surface area contributed by atoms with Gasteiger partial charge < -0.3 is 4.74 Å². The molecule has 0 atom stereocenters. The van der Waals surface area contributed by atoms with E-state index in [-0.39, 0.29) is 10.7 Å². The lowest BCUT2D eigenvalue weighted by molar-refractivity contribution is 0.478. The first-order valence-electron chi connectivity index (χ1n) is 6.17. The predicted octanol–water partition coefficient (Wildman–Crippen LogP) is 3.80. The fraction of sp³-hybridized carbons (Fsp3) is 0.200. The Bertz CT molecular complexity index is 691. The van der Waals surface area contributed by atoms with Gasteiger partial charge in [0.15, 0.2) is 9.84 Å². The fourth-order valence-electron chi connectivity index (χ4n) is 1.63. The minimum Gasteiger partial charge on any atom is -0.457 e. The van der Waals surface area contributed by atoms with Gasteiger partial charge in [-0.2, -0.15) is 0 Å². The highest BCUT2D eigenvalue weighted by Crippen LogP contribution is 2.25. The standard InChI is InChI=1S/C15H15FO3S/c1-11(2)20(17,18)15-5-3-4-14(10-15)19-13-8-6-12(16)7-9-13/h3-11H,1-2H3.